The summed E-state index contributed by atoms with van der Waals surface area (Å²) in [6, 6.07) is 0. The van der Waals surface area contributed by atoms with Crippen molar-refractivity contribution in [3.63, 3.8) is 0 Å². The summed E-state index contributed by atoms with van der Waals surface area (Å²) in [5.74, 6) is 2.09. The molecule has 2 atom stereocenters. The summed E-state index contributed by atoms with van der Waals surface area (Å²) in [6.45, 7) is 14.8. The molecule has 0 saturated carbocycles. The maximum Gasteiger partial charge on any atom is 0.0634 e. The van der Waals surface area contributed by atoms with Gasteiger partial charge in [-0.25, -0.2) is 0 Å². The molecule has 2 unspecified atom stereocenters. The normalized spacial score (nSPS) is 33.2. The second-order valence-corrected chi connectivity index (χ2v) is 5.78. The van der Waals surface area contributed by atoms with E-state index < -0.39 is 0 Å². The molecule has 0 aromatic carbocycles. The third-order valence-electron chi connectivity index (χ3n) is 3.28. The summed E-state index contributed by atoms with van der Waals surface area (Å²) in [4.78, 5) is 0. The maximum absolute atomic E-state index is 5.90. The molecule has 0 N–H and O–H groups in total. The van der Waals surface area contributed by atoms with E-state index in [0.29, 0.717) is 23.4 Å². The van der Waals surface area contributed by atoms with Gasteiger partial charge in [-0.1, -0.05) is 41.5 Å². The van der Waals surface area contributed by atoms with Crippen molar-refractivity contribution >= 4 is 0 Å². The molecule has 1 heterocycles. The zero-order valence-corrected chi connectivity index (χ0v) is 9.92. The first-order chi connectivity index (χ1) is 5.86. The second kappa shape index (κ2) is 3.61. The second-order valence-electron chi connectivity index (χ2n) is 5.78. The largest absolute Gasteiger partial charge is 0.377 e. The predicted octanol–water partition coefficient (Wildman–Crippen LogP) is 3.34. The highest BCUT2D eigenvalue weighted by molar-refractivity contribution is 4.92. The van der Waals surface area contributed by atoms with Crippen molar-refractivity contribution < 1.29 is 4.74 Å². The molecule has 0 aliphatic carbocycles. The lowest BCUT2D eigenvalue weighted by Gasteiger charge is -2.33. The fourth-order valence-electron chi connectivity index (χ4n) is 2.84. The van der Waals surface area contributed by atoms with Crippen LogP contribution in [0.4, 0.5) is 0 Å². The number of hydrogen-bond acceptors (Lipinski definition) is 1. The lowest BCUT2D eigenvalue weighted by Crippen LogP contribution is -2.33. The molecule has 0 aromatic rings. The van der Waals surface area contributed by atoms with Crippen molar-refractivity contribution in [1.29, 1.82) is 0 Å². The maximum atomic E-state index is 5.90. The average Bonchev–Trinajstić information content (AvgIpc) is 2.24. The van der Waals surface area contributed by atoms with Crippen LogP contribution < -0.4 is 0 Å². The van der Waals surface area contributed by atoms with Crippen molar-refractivity contribution in [2.75, 3.05) is 6.61 Å². The summed E-state index contributed by atoms with van der Waals surface area (Å²) in [7, 11) is 0. The van der Waals surface area contributed by atoms with Gasteiger partial charge in [-0.2, -0.15) is 0 Å². The van der Waals surface area contributed by atoms with E-state index in [9.17, 15) is 0 Å². The van der Waals surface area contributed by atoms with Crippen LogP contribution in [0, 0.1) is 23.2 Å². The standard InChI is InChI=1S/C12H24O/c1-8(2)10-11(9(3)4)13-7-12(10,5)6/h8-11H,7H2,1-6H3. The van der Waals surface area contributed by atoms with Gasteiger partial charge in [0.25, 0.3) is 0 Å². The lowest BCUT2D eigenvalue weighted by atomic mass is 9.70. The molecule has 1 rings (SSSR count). The lowest BCUT2D eigenvalue weighted by molar-refractivity contribution is 0.0433. The number of hydrogen-bond donors (Lipinski definition) is 0. The summed E-state index contributed by atoms with van der Waals surface area (Å²) in [5, 5.41) is 0. The molecule has 0 bridgehead atoms. The van der Waals surface area contributed by atoms with Crippen LogP contribution in [0.25, 0.3) is 0 Å². The van der Waals surface area contributed by atoms with Crippen molar-refractivity contribution in [3.05, 3.63) is 0 Å². The van der Waals surface area contributed by atoms with Gasteiger partial charge >= 0.3 is 0 Å². The van der Waals surface area contributed by atoms with Crippen LogP contribution >= 0.6 is 0 Å². The van der Waals surface area contributed by atoms with Crippen LogP contribution in [0.5, 0.6) is 0 Å². The highest BCUT2D eigenvalue weighted by Gasteiger charge is 2.45. The highest BCUT2D eigenvalue weighted by Crippen LogP contribution is 2.44. The zero-order chi connectivity index (χ0) is 10.2. The van der Waals surface area contributed by atoms with E-state index in [0.717, 1.165) is 12.5 Å². The molecule has 0 aromatic heterocycles. The molecule has 13 heavy (non-hydrogen) atoms. The molecule has 1 aliphatic rings. The van der Waals surface area contributed by atoms with E-state index in [2.05, 4.69) is 41.5 Å². The molecule has 0 radical (unpaired) electrons. The van der Waals surface area contributed by atoms with E-state index in [1.165, 1.54) is 0 Å². The van der Waals surface area contributed by atoms with Crippen LogP contribution in [0.1, 0.15) is 41.5 Å². The quantitative estimate of drug-likeness (QED) is 0.639. The third-order valence-corrected chi connectivity index (χ3v) is 3.28. The van der Waals surface area contributed by atoms with E-state index in [-0.39, 0.29) is 0 Å². The van der Waals surface area contributed by atoms with E-state index >= 15 is 0 Å². The van der Waals surface area contributed by atoms with Gasteiger partial charge in [-0.15, -0.1) is 0 Å². The fourth-order valence-corrected chi connectivity index (χ4v) is 2.84. The Morgan fingerprint density at radius 1 is 1.08 bits per heavy atom. The van der Waals surface area contributed by atoms with Gasteiger partial charge in [0.1, 0.15) is 0 Å². The minimum Gasteiger partial charge on any atom is -0.377 e. The Labute approximate surface area is 82.9 Å². The number of ether oxygens (including phenoxy) is 1. The predicted molar refractivity (Wildman–Crippen MR) is 56.7 cm³/mol. The summed E-state index contributed by atoms with van der Waals surface area (Å²) in [5.41, 5.74) is 0.364. The third kappa shape index (κ3) is 2.07. The molecule has 1 nitrogen and oxygen atoms in total. The molecular weight excluding hydrogens is 160 g/mol. The van der Waals surface area contributed by atoms with E-state index in [1.54, 1.807) is 0 Å². The monoisotopic (exact) mass is 184 g/mol. The van der Waals surface area contributed by atoms with E-state index in [1.807, 2.05) is 0 Å². The van der Waals surface area contributed by atoms with Crippen LogP contribution in [0.15, 0.2) is 0 Å². The Morgan fingerprint density at radius 2 is 1.62 bits per heavy atom. The Morgan fingerprint density at radius 3 is 1.92 bits per heavy atom. The number of rotatable bonds is 2. The average molecular weight is 184 g/mol. The molecule has 1 heteroatoms. The summed E-state index contributed by atoms with van der Waals surface area (Å²) < 4.78 is 5.90. The van der Waals surface area contributed by atoms with Gasteiger partial charge in [-0.05, 0) is 23.2 Å². The van der Waals surface area contributed by atoms with Gasteiger partial charge in [-0.3, -0.25) is 0 Å². The minimum absolute atomic E-state index is 0.364. The molecule has 78 valence electrons. The van der Waals surface area contributed by atoms with Gasteiger partial charge in [0, 0.05) is 0 Å². The Kier molecular flexibility index (Phi) is 3.06. The topological polar surface area (TPSA) is 9.23 Å². The van der Waals surface area contributed by atoms with Crippen molar-refractivity contribution in [3.8, 4) is 0 Å². The zero-order valence-electron chi connectivity index (χ0n) is 9.92. The first-order valence-corrected chi connectivity index (χ1v) is 5.48. The summed E-state index contributed by atoms with van der Waals surface area (Å²) in [6.07, 6.45) is 0.468. The van der Waals surface area contributed by atoms with Crippen molar-refractivity contribution in [2.24, 2.45) is 23.2 Å². The molecule has 1 saturated heterocycles. The Bertz CT molecular complexity index is 170. The first-order valence-electron chi connectivity index (χ1n) is 5.48. The molecule has 0 spiro atoms. The molecule has 1 fully saturated rings. The Hall–Kier alpha value is -0.0400. The summed E-state index contributed by atoms with van der Waals surface area (Å²) >= 11 is 0. The van der Waals surface area contributed by atoms with E-state index in [4.69, 9.17) is 4.74 Å². The van der Waals surface area contributed by atoms with Crippen LogP contribution in [0.2, 0.25) is 0 Å². The molecule has 1 aliphatic heterocycles. The molecular formula is C12H24O. The van der Waals surface area contributed by atoms with Gasteiger partial charge in [0.15, 0.2) is 0 Å². The van der Waals surface area contributed by atoms with Crippen LogP contribution in [-0.2, 0) is 4.74 Å². The fraction of sp³-hybridized carbons (Fsp3) is 1.00. The SMILES string of the molecule is CC(C)C1OCC(C)(C)C1C(C)C. The van der Waals surface area contributed by atoms with Gasteiger partial charge < -0.3 is 4.74 Å². The highest BCUT2D eigenvalue weighted by atomic mass is 16.5. The van der Waals surface area contributed by atoms with Crippen LogP contribution in [0.3, 0.4) is 0 Å². The first kappa shape index (κ1) is 11.0. The van der Waals surface area contributed by atoms with Crippen molar-refractivity contribution in [1.82, 2.24) is 0 Å². The Balaban J connectivity index is 2.80. The smallest absolute Gasteiger partial charge is 0.0634 e. The molecule has 0 amide bonds. The van der Waals surface area contributed by atoms with Crippen LogP contribution in [-0.4, -0.2) is 12.7 Å². The van der Waals surface area contributed by atoms with Gasteiger partial charge in [0.2, 0.25) is 0 Å². The minimum atomic E-state index is 0.364. The van der Waals surface area contributed by atoms with Gasteiger partial charge in [0.05, 0.1) is 12.7 Å². The van der Waals surface area contributed by atoms with Crippen molar-refractivity contribution in [2.45, 2.75) is 47.6 Å².